The summed E-state index contributed by atoms with van der Waals surface area (Å²) in [6.45, 7) is 0. The maximum absolute atomic E-state index is 12.1. The van der Waals surface area contributed by atoms with Crippen LogP contribution in [0.2, 0.25) is 10.0 Å². The fourth-order valence-electron chi connectivity index (χ4n) is 1.79. The number of benzene rings is 2. The molecule has 0 bridgehead atoms. The molecule has 118 valence electrons. The highest BCUT2D eigenvalue weighted by atomic mass is 35.5. The molecular formula is C14H9Cl2N3O4. The van der Waals surface area contributed by atoms with Crippen molar-refractivity contribution in [3.63, 3.8) is 0 Å². The normalized spacial score (nSPS) is 10.2. The summed E-state index contributed by atoms with van der Waals surface area (Å²) in [4.78, 5) is 33.3. The van der Waals surface area contributed by atoms with E-state index in [2.05, 4.69) is 5.32 Å². The third-order valence-corrected chi connectivity index (χ3v) is 3.53. The Morgan fingerprint density at radius 2 is 1.78 bits per heavy atom. The summed E-state index contributed by atoms with van der Waals surface area (Å²) in [6.07, 6.45) is 0. The highest BCUT2D eigenvalue weighted by molar-refractivity contribution is 6.34. The average Bonchev–Trinajstić information content (AvgIpc) is 2.46. The van der Waals surface area contributed by atoms with Gasteiger partial charge < -0.3 is 11.1 Å². The van der Waals surface area contributed by atoms with Gasteiger partial charge in [0.1, 0.15) is 5.02 Å². The molecule has 2 amide bonds. The number of halogens is 2. The number of carbonyl (C=O) groups is 2. The van der Waals surface area contributed by atoms with Gasteiger partial charge in [-0.15, -0.1) is 0 Å². The second-order valence-electron chi connectivity index (χ2n) is 4.44. The van der Waals surface area contributed by atoms with Gasteiger partial charge in [-0.25, -0.2) is 0 Å². The van der Waals surface area contributed by atoms with E-state index < -0.39 is 16.7 Å². The van der Waals surface area contributed by atoms with Crippen molar-refractivity contribution in [2.75, 3.05) is 5.32 Å². The molecule has 0 aliphatic heterocycles. The number of hydrogen-bond acceptors (Lipinski definition) is 4. The number of carbonyl (C=O) groups excluding carboxylic acids is 2. The zero-order valence-electron chi connectivity index (χ0n) is 11.4. The number of rotatable bonds is 4. The second-order valence-corrected chi connectivity index (χ2v) is 5.25. The maximum Gasteiger partial charge on any atom is 0.288 e. The van der Waals surface area contributed by atoms with E-state index in [0.29, 0.717) is 5.69 Å². The van der Waals surface area contributed by atoms with Crippen LogP contribution in [0.5, 0.6) is 0 Å². The number of amides is 2. The number of nitrogens with two attached hydrogens (primary N) is 1. The van der Waals surface area contributed by atoms with Crippen LogP contribution in [0.25, 0.3) is 0 Å². The summed E-state index contributed by atoms with van der Waals surface area (Å²) in [5.41, 5.74) is 5.23. The van der Waals surface area contributed by atoms with Crippen molar-refractivity contribution in [1.82, 2.24) is 0 Å². The molecule has 2 aromatic rings. The van der Waals surface area contributed by atoms with Crippen molar-refractivity contribution in [2.24, 2.45) is 5.73 Å². The first-order valence-corrected chi connectivity index (χ1v) is 6.90. The monoisotopic (exact) mass is 353 g/mol. The number of nitrogens with zero attached hydrogens (tertiary/aromatic N) is 1. The topological polar surface area (TPSA) is 115 Å². The lowest BCUT2D eigenvalue weighted by atomic mass is 10.1. The van der Waals surface area contributed by atoms with Crippen LogP contribution in [0.3, 0.4) is 0 Å². The molecule has 2 aromatic carbocycles. The Hall–Kier alpha value is -2.64. The van der Waals surface area contributed by atoms with Crippen molar-refractivity contribution < 1.29 is 14.5 Å². The van der Waals surface area contributed by atoms with Gasteiger partial charge in [-0.3, -0.25) is 19.7 Å². The minimum Gasteiger partial charge on any atom is -0.366 e. The van der Waals surface area contributed by atoms with E-state index in [9.17, 15) is 19.7 Å². The van der Waals surface area contributed by atoms with E-state index in [1.54, 1.807) is 0 Å². The van der Waals surface area contributed by atoms with E-state index in [0.717, 1.165) is 6.07 Å². The third-order valence-electron chi connectivity index (χ3n) is 2.90. The van der Waals surface area contributed by atoms with Crippen LogP contribution < -0.4 is 11.1 Å². The standard InChI is InChI=1S/C14H9Cl2N3O4/c15-10-4-1-7(5-12(10)19(22)23)14(21)18-8-2-3-9(13(17)20)11(16)6-8/h1-6H,(H2,17,20)(H,18,21). The zero-order valence-corrected chi connectivity index (χ0v) is 12.9. The maximum atomic E-state index is 12.1. The van der Waals surface area contributed by atoms with Crippen molar-refractivity contribution >= 4 is 46.4 Å². The van der Waals surface area contributed by atoms with E-state index >= 15 is 0 Å². The molecule has 3 N–H and O–H groups in total. The molecule has 2 rings (SSSR count). The fourth-order valence-corrected chi connectivity index (χ4v) is 2.25. The first kappa shape index (κ1) is 16.7. The van der Waals surface area contributed by atoms with Gasteiger partial charge in [-0.1, -0.05) is 23.2 Å². The highest BCUT2D eigenvalue weighted by Crippen LogP contribution is 2.26. The van der Waals surface area contributed by atoms with E-state index in [4.69, 9.17) is 28.9 Å². The van der Waals surface area contributed by atoms with Crippen LogP contribution in [0.15, 0.2) is 36.4 Å². The van der Waals surface area contributed by atoms with Crippen LogP contribution >= 0.6 is 23.2 Å². The van der Waals surface area contributed by atoms with Gasteiger partial charge in [-0.05, 0) is 30.3 Å². The van der Waals surface area contributed by atoms with Gasteiger partial charge >= 0.3 is 0 Å². The number of primary amides is 1. The van der Waals surface area contributed by atoms with E-state index in [1.165, 1.54) is 30.3 Å². The third kappa shape index (κ3) is 3.77. The van der Waals surface area contributed by atoms with Crippen LogP contribution in [0.1, 0.15) is 20.7 Å². The lowest BCUT2D eigenvalue weighted by molar-refractivity contribution is -0.384. The average molecular weight is 354 g/mol. The van der Waals surface area contributed by atoms with E-state index in [1.807, 2.05) is 0 Å². The highest BCUT2D eigenvalue weighted by Gasteiger charge is 2.17. The van der Waals surface area contributed by atoms with Crippen LogP contribution in [-0.4, -0.2) is 16.7 Å². The summed E-state index contributed by atoms with van der Waals surface area (Å²) in [5, 5.41) is 13.4. The summed E-state index contributed by atoms with van der Waals surface area (Å²) in [7, 11) is 0. The van der Waals surface area contributed by atoms with Crippen molar-refractivity contribution in [3.8, 4) is 0 Å². The molecule has 0 aromatic heterocycles. The van der Waals surface area contributed by atoms with Crippen molar-refractivity contribution in [2.45, 2.75) is 0 Å². The SMILES string of the molecule is NC(=O)c1ccc(NC(=O)c2ccc(Cl)c([N+](=O)[O-])c2)cc1Cl. The molecule has 7 nitrogen and oxygen atoms in total. The lowest BCUT2D eigenvalue weighted by Gasteiger charge is -2.07. The predicted molar refractivity (Wildman–Crippen MR) is 86.0 cm³/mol. The number of nitro groups is 1. The van der Waals surface area contributed by atoms with Crippen molar-refractivity contribution in [3.05, 3.63) is 67.7 Å². The molecule has 0 radical (unpaired) electrons. The Kier molecular flexibility index (Phi) is 4.83. The van der Waals surface area contributed by atoms with Crippen LogP contribution in [0, 0.1) is 10.1 Å². The minimum absolute atomic E-state index is 0.0520. The molecule has 9 heteroatoms. The quantitative estimate of drug-likeness (QED) is 0.648. The molecule has 0 saturated heterocycles. The molecule has 0 saturated carbocycles. The fraction of sp³-hybridized carbons (Fsp3) is 0. The molecule has 0 unspecified atom stereocenters. The predicted octanol–water partition coefficient (Wildman–Crippen LogP) is 3.25. The lowest BCUT2D eigenvalue weighted by Crippen LogP contribution is -2.14. The molecule has 0 heterocycles. The van der Waals surface area contributed by atoms with Crippen LogP contribution in [-0.2, 0) is 0 Å². The molecular weight excluding hydrogens is 345 g/mol. The van der Waals surface area contributed by atoms with Gasteiger partial charge in [0.15, 0.2) is 0 Å². The zero-order chi connectivity index (χ0) is 17.1. The summed E-state index contributed by atoms with van der Waals surface area (Å²) in [5.74, 6) is -1.28. The van der Waals surface area contributed by atoms with E-state index in [-0.39, 0.29) is 26.9 Å². The minimum atomic E-state index is -0.693. The summed E-state index contributed by atoms with van der Waals surface area (Å²) in [6, 6.07) is 7.83. The molecule has 0 spiro atoms. The number of nitro benzene ring substituents is 1. The van der Waals surface area contributed by atoms with Gasteiger partial charge in [0.2, 0.25) is 5.91 Å². The molecule has 0 atom stereocenters. The van der Waals surface area contributed by atoms with Gasteiger partial charge in [-0.2, -0.15) is 0 Å². The summed E-state index contributed by atoms with van der Waals surface area (Å²) >= 11 is 11.6. The first-order chi connectivity index (χ1) is 10.8. The Labute approximate surface area is 140 Å². The first-order valence-electron chi connectivity index (χ1n) is 6.14. The molecule has 0 aliphatic rings. The number of hydrogen-bond donors (Lipinski definition) is 2. The Morgan fingerprint density at radius 3 is 2.35 bits per heavy atom. The van der Waals surface area contributed by atoms with Crippen LogP contribution in [0.4, 0.5) is 11.4 Å². The largest absolute Gasteiger partial charge is 0.366 e. The summed E-state index contributed by atoms with van der Waals surface area (Å²) < 4.78 is 0. The molecule has 0 fully saturated rings. The Balaban J connectivity index is 2.26. The molecule has 0 aliphatic carbocycles. The molecule has 23 heavy (non-hydrogen) atoms. The number of anilines is 1. The smallest absolute Gasteiger partial charge is 0.288 e. The second kappa shape index (κ2) is 6.64. The Morgan fingerprint density at radius 1 is 1.09 bits per heavy atom. The van der Waals surface area contributed by atoms with Crippen molar-refractivity contribution in [1.29, 1.82) is 0 Å². The Bertz CT molecular complexity index is 824. The van der Waals surface area contributed by atoms with Gasteiger partial charge in [0.05, 0.1) is 15.5 Å². The van der Waals surface area contributed by atoms with Gasteiger partial charge in [0.25, 0.3) is 11.6 Å². The van der Waals surface area contributed by atoms with Gasteiger partial charge in [0, 0.05) is 17.3 Å². The number of nitrogens with one attached hydrogen (secondary N) is 1.